The van der Waals surface area contributed by atoms with Crippen LogP contribution in [0.2, 0.25) is 0 Å². The fraction of sp³-hybridized carbons (Fsp3) is 0.636. The van der Waals surface area contributed by atoms with Crippen LogP contribution in [0, 0.1) is 0 Å². The van der Waals surface area contributed by atoms with E-state index in [1.807, 2.05) is 17.0 Å². The molecule has 7 heteroatoms. The van der Waals surface area contributed by atoms with E-state index in [4.69, 9.17) is 0 Å². The number of urea groups is 1. The van der Waals surface area contributed by atoms with Crippen molar-refractivity contribution in [2.24, 2.45) is 0 Å². The predicted octanol–water partition coefficient (Wildman–Crippen LogP) is 2.74. The van der Waals surface area contributed by atoms with Crippen molar-refractivity contribution in [2.45, 2.75) is 45.1 Å². The number of nitrogens with one attached hydrogen (secondary N) is 2. The summed E-state index contributed by atoms with van der Waals surface area (Å²) in [6, 6.07) is 8.25. The van der Waals surface area contributed by atoms with E-state index in [1.54, 1.807) is 0 Å². The topological polar surface area (TPSA) is 67.9 Å². The third-order valence-corrected chi connectivity index (χ3v) is 5.89. The van der Waals surface area contributed by atoms with Crippen molar-refractivity contribution in [2.75, 3.05) is 56.5 Å². The number of likely N-dealkylation sites (tertiary alicyclic amines) is 1. The van der Waals surface area contributed by atoms with Gasteiger partial charge in [-0.15, -0.1) is 0 Å². The van der Waals surface area contributed by atoms with Gasteiger partial charge in [0.25, 0.3) is 0 Å². The van der Waals surface area contributed by atoms with Crippen molar-refractivity contribution < 1.29 is 9.59 Å². The van der Waals surface area contributed by atoms with Crippen LogP contribution in [0.4, 0.5) is 16.2 Å². The first-order valence-electron chi connectivity index (χ1n) is 10.9. The van der Waals surface area contributed by atoms with Crippen LogP contribution in [0.5, 0.6) is 0 Å². The zero-order valence-electron chi connectivity index (χ0n) is 17.8. The Bertz CT molecular complexity index is 662. The number of unbranched alkanes of at least 4 members (excludes halogenated alkanes) is 1. The van der Waals surface area contributed by atoms with E-state index in [2.05, 4.69) is 46.5 Å². The minimum absolute atomic E-state index is 0.0619. The predicted molar refractivity (Wildman–Crippen MR) is 117 cm³/mol. The van der Waals surface area contributed by atoms with Gasteiger partial charge in [0.1, 0.15) is 0 Å². The molecule has 2 saturated heterocycles. The Morgan fingerprint density at radius 1 is 1.00 bits per heavy atom. The van der Waals surface area contributed by atoms with Crippen LogP contribution >= 0.6 is 0 Å². The molecule has 3 rings (SSSR count). The highest BCUT2D eigenvalue weighted by atomic mass is 16.2. The zero-order valence-corrected chi connectivity index (χ0v) is 17.8. The Labute approximate surface area is 174 Å². The van der Waals surface area contributed by atoms with Crippen LogP contribution < -0.4 is 15.5 Å². The van der Waals surface area contributed by atoms with Gasteiger partial charge in [-0.25, -0.2) is 4.79 Å². The molecule has 7 nitrogen and oxygen atoms in total. The lowest BCUT2D eigenvalue weighted by atomic mass is 10.0. The first kappa shape index (κ1) is 21.4. The molecule has 0 spiro atoms. The molecule has 2 aliphatic heterocycles. The first-order valence-corrected chi connectivity index (χ1v) is 10.9. The Morgan fingerprint density at radius 2 is 1.66 bits per heavy atom. The van der Waals surface area contributed by atoms with E-state index in [0.29, 0.717) is 19.5 Å². The Hall–Kier alpha value is -2.28. The summed E-state index contributed by atoms with van der Waals surface area (Å²) in [5.74, 6) is 0.134. The van der Waals surface area contributed by atoms with E-state index >= 15 is 0 Å². The number of hydrogen-bond acceptors (Lipinski definition) is 4. The highest BCUT2D eigenvalue weighted by Crippen LogP contribution is 2.20. The van der Waals surface area contributed by atoms with E-state index in [0.717, 1.165) is 57.5 Å². The Balaban J connectivity index is 1.42. The Morgan fingerprint density at radius 3 is 2.28 bits per heavy atom. The van der Waals surface area contributed by atoms with Crippen molar-refractivity contribution in [1.29, 1.82) is 0 Å². The maximum absolute atomic E-state index is 12.6. The number of amides is 3. The molecule has 0 saturated carbocycles. The van der Waals surface area contributed by atoms with Gasteiger partial charge in [-0.1, -0.05) is 13.3 Å². The first-order chi connectivity index (χ1) is 14.0. The fourth-order valence-corrected chi connectivity index (χ4v) is 3.89. The van der Waals surface area contributed by atoms with Crippen molar-refractivity contribution >= 4 is 23.3 Å². The number of piperazine rings is 1. The molecule has 29 heavy (non-hydrogen) atoms. The number of hydrogen-bond donors (Lipinski definition) is 2. The van der Waals surface area contributed by atoms with Crippen molar-refractivity contribution in [3.05, 3.63) is 24.3 Å². The van der Waals surface area contributed by atoms with E-state index in [9.17, 15) is 9.59 Å². The second-order valence-corrected chi connectivity index (χ2v) is 8.20. The van der Waals surface area contributed by atoms with Crippen LogP contribution in [0.15, 0.2) is 24.3 Å². The van der Waals surface area contributed by atoms with Crippen LogP contribution in [-0.2, 0) is 4.79 Å². The molecule has 1 aromatic carbocycles. The maximum atomic E-state index is 12.6. The number of benzene rings is 1. The molecule has 0 radical (unpaired) electrons. The molecule has 2 fully saturated rings. The van der Waals surface area contributed by atoms with Crippen LogP contribution in [0.25, 0.3) is 0 Å². The molecule has 0 aliphatic carbocycles. The average Bonchev–Trinajstić information content (AvgIpc) is 2.74. The summed E-state index contributed by atoms with van der Waals surface area (Å²) >= 11 is 0. The van der Waals surface area contributed by atoms with E-state index in [-0.39, 0.29) is 18.0 Å². The smallest absolute Gasteiger partial charge is 0.321 e. The van der Waals surface area contributed by atoms with Crippen LogP contribution in [0.3, 0.4) is 0 Å². The van der Waals surface area contributed by atoms with E-state index in [1.165, 1.54) is 5.69 Å². The van der Waals surface area contributed by atoms with Crippen molar-refractivity contribution in [3.63, 3.8) is 0 Å². The number of carbonyl (C=O) groups is 2. The lowest BCUT2D eigenvalue weighted by Crippen LogP contribution is -2.47. The molecule has 2 heterocycles. The molecule has 160 valence electrons. The van der Waals surface area contributed by atoms with Gasteiger partial charge >= 0.3 is 6.03 Å². The standard InChI is InChI=1S/C22H35N5O2/c1-3-4-5-21(28)23-19-10-12-27(13-11-19)22(29)24-18-6-8-20(9-7-18)26-16-14-25(2)15-17-26/h6-9,19H,3-5,10-17H2,1-2H3,(H,23,28)(H,24,29). The molecular formula is C22H35N5O2. The maximum Gasteiger partial charge on any atom is 0.321 e. The third-order valence-electron chi connectivity index (χ3n) is 5.89. The van der Waals surface area contributed by atoms with Crippen LogP contribution in [0.1, 0.15) is 39.0 Å². The summed E-state index contributed by atoms with van der Waals surface area (Å²) in [6.45, 7) is 7.65. The van der Waals surface area contributed by atoms with Gasteiger partial charge in [0.15, 0.2) is 0 Å². The molecule has 2 N–H and O–H groups in total. The summed E-state index contributed by atoms with van der Waals surface area (Å²) in [6.07, 6.45) is 4.19. The quantitative estimate of drug-likeness (QED) is 0.769. The monoisotopic (exact) mass is 401 g/mol. The molecular weight excluding hydrogens is 366 g/mol. The highest BCUT2D eigenvalue weighted by molar-refractivity contribution is 5.89. The number of piperidine rings is 1. The molecule has 0 unspecified atom stereocenters. The SMILES string of the molecule is CCCCC(=O)NC1CCN(C(=O)Nc2ccc(N3CCN(C)CC3)cc2)CC1. The summed E-state index contributed by atoms with van der Waals surface area (Å²) in [4.78, 5) is 31.0. The molecule has 3 amide bonds. The lowest BCUT2D eigenvalue weighted by molar-refractivity contribution is -0.122. The van der Waals surface area contributed by atoms with Gasteiger partial charge in [-0.3, -0.25) is 4.79 Å². The van der Waals surface area contributed by atoms with Gasteiger partial charge in [-0.05, 0) is 50.6 Å². The number of rotatable bonds is 6. The second kappa shape index (κ2) is 10.5. The number of nitrogens with zero attached hydrogens (tertiary/aromatic N) is 3. The van der Waals surface area contributed by atoms with Gasteiger partial charge < -0.3 is 25.3 Å². The van der Waals surface area contributed by atoms with Crippen LogP contribution in [-0.4, -0.2) is 74.1 Å². The summed E-state index contributed by atoms with van der Waals surface area (Å²) in [5.41, 5.74) is 2.03. The third kappa shape index (κ3) is 6.35. The average molecular weight is 402 g/mol. The fourth-order valence-electron chi connectivity index (χ4n) is 3.89. The largest absolute Gasteiger partial charge is 0.369 e. The van der Waals surface area contributed by atoms with Gasteiger partial charge in [0.05, 0.1) is 0 Å². The summed E-state index contributed by atoms with van der Waals surface area (Å²) < 4.78 is 0. The molecule has 1 aromatic rings. The highest BCUT2D eigenvalue weighted by Gasteiger charge is 2.24. The van der Waals surface area contributed by atoms with Crippen molar-refractivity contribution in [3.8, 4) is 0 Å². The van der Waals surface area contributed by atoms with Crippen molar-refractivity contribution in [1.82, 2.24) is 15.1 Å². The molecule has 0 bridgehead atoms. The van der Waals surface area contributed by atoms with Gasteiger partial charge in [0.2, 0.25) is 5.91 Å². The number of anilines is 2. The molecule has 0 aromatic heterocycles. The minimum atomic E-state index is -0.0619. The summed E-state index contributed by atoms with van der Waals surface area (Å²) in [5, 5.41) is 6.10. The number of likely N-dealkylation sites (N-methyl/N-ethyl adjacent to an activating group) is 1. The van der Waals surface area contributed by atoms with E-state index < -0.39 is 0 Å². The van der Waals surface area contributed by atoms with Gasteiger partial charge in [-0.2, -0.15) is 0 Å². The second-order valence-electron chi connectivity index (χ2n) is 8.20. The Kier molecular flexibility index (Phi) is 7.75. The molecule has 2 aliphatic rings. The summed E-state index contributed by atoms with van der Waals surface area (Å²) in [7, 11) is 2.15. The normalized spacial score (nSPS) is 18.6. The van der Waals surface area contributed by atoms with Gasteiger partial charge in [0, 0.05) is 63.1 Å². The number of carbonyl (C=O) groups excluding carboxylic acids is 2. The molecule has 0 atom stereocenters. The minimum Gasteiger partial charge on any atom is -0.369 e. The lowest BCUT2D eigenvalue weighted by Gasteiger charge is -2.34. The zero-order chi connectivity index (χ0) is 20.6.